The van der Waals surface area contributed by atoms with Crippen LogP contribution in [0.15, 0.2) is 164 Å². The lowest BCUT2D eigenvalue weighted by Gasteiger charge is -2.30. The topological polar surface area (TPSA) is 6.48 Å². The summed E-state index contributed by atoms with van der Waals surface area (Å²) in [5.41, 5.74) is 10.0. The minimum absolute atomic E-state index is 0.235. The van der Waals surface area contributed by atoms with Crippen LogP contribution in [0.5, 0.6) is 0 Å². The largest absolute Gasteiger partial charge is 0.340 e. The summed E-state index contributed by atoms with van der Waals surface area (Å²) in [5, 5.41) is 7.18. The summed E-state index contributed by atoms with van der Waals surface area (Å²) in [6.07, 6.45) is 9.42. The zero-order valence-corrected chi connectivity index (χ0v) is 28.2. The number of hydrogen-bond donors (Lipinski definition) is 0. The fourth-order valence-electron chi connectivity index (χ4n) is 8.40. The van der Waals surface area contributed by atoms with Crippen molar-refractivity contribution in [2.45, 2.75) is 19.3 Å². The van der Waals surface area contributed by atoms with Crippen molar-refractivity contribution in [1.29, 1.82) is 0 Å². The summed E-state index contributed by atoms with van der Waals surface area (Å²) in [7, 11) is 0. The molecule has 0 radical (unpaired) electrons. The highest BCUT2D eigenvalue weighted by atomic mass is 19.1. The van der Waals surface area contributed by atoms with Crippen molar-refractivity contribution in [3.05, 3.63) is 181 Å². The highest BCUT2D eigenvalue weighted by molar-refractivity contribution is 6.28. The maximum atomic E-state index is 17.4. The quantitative estimate of drug-likeness (QED) is 0.164. The summed E-state index contributed by atoms with van der Waals surface area (Å²) in [6, 6.07) is 51.0. The molecule has 0 spiro atoms. The van der Waals surface area contributed by atoms with Gasteiger partial charge in [0, 0.05) is 39.9 Å². The third kappa shape index (κ3) is 4.84. The van der Waals surface area contributed by atoms with Gasteiger partial charge in [-0.1, -0.05) is 121 Å². The molecule has 2 nitrogen and oxygen atoms in total. The van der Waals surface area contributed by atoms with E-state index < -0.39 is 0 Å². The predicted molar refractivity (Wildman–Crippen MR) is 214 cm³/mol. The average Bonchev–Trinajstić information content (AvgIpc) is 3.63. The van der Waals surface area contributed by atoms with Crippen LogP contribution in [0.25, 0.3) is 49.0 Å². The Morgan fingerprint density at radius 1 is 0.569 bits per heavy atom. The summed E-state index contributed by atoms with van der Waals surface area (Å²) in [6.45, 7) is 0.960. The molecule has 3 heteroatoms. The van der Waals surface area contributed by atoms with E-state index in [2.05, 4.69) is 119 Å². The van der Waals surface area contributed by atoms with Crippen LogP contribution in [0.3, 0.4) is 0 Å². The molecule has 0 atom stereocenters. The number of nitrogens with zero attached hydrogens (tertiary/aromatic N) is 2. The van der Waals surface area contributed by atoms with Gasteiger partial charge in [0.15, 0.2) is 5.82 Å². The van der Waals surface area contributed by atoms with Crippen molar-refractivity contribution in [3.8, 4) is 11.1 Å². The third-order valence-corrected chi connectivity index (χ3v) is 10.8. The van der Waals surface area contributed by atoms with E-state index in [9.17, 15) is 0 Å². The Balaban J connectivity index is 1.24. The molecule has 8 aromatic rings. The number of fused-ring (bicyclic) bond motifs is 1. The third-order valence-electron chi connectivity index (χ3n) is 10.8. The van der Waals surface area contributed by atoms with Crippen LogP contribution < -0.4 is 9.80 Å². The van der Waals surface area contributed by atoms with Gasteiger partial charge >= 0.3 is 0 Å². The lowest BCUT2D eigenvalue weighted by atomic mass is 9.91. The summed E-state index contributed by atoms with van der Waals surface area (Å²) in [5.74, 6) is -0.235. The second kappa shape index (κ2) is 12.0. The van der Waals surface area contributed by atoms with Gasteiger partial charge < -0.3 is 9.80 Å². The molecule has 1 aliphatic carbocycles. The van der Waals surface area contributed by atoms with Crippen LogP contribution >= 0.6 is 0 Å². The molecule has 2 aliphatic rings. The first kappa shape index (κ1) is 29.7. The predicted octanol–water partition coefficient (Wildman–Crippen LogP) is 13.3. The molecule has 10 rings (SSSR count). The first-order valence-corrected chi connectivity index (χ1v) is 17.9. The summed E-state index contributed by atoms with van der Waals surface area (Å²) < 4.78 is 17.4. The van der Waals surface area contributed by atoms with E-state index in [0.717, 1.165) is 53.7 Å². The van der Waals surface area contributed by atoms with E-state index in [4.69, 9.17) is 0 Å². The van der Waals surface area contributed by atoms with Crippen LogP contribution in [0.1, 0.15) is 24.0 Å². The molecule has 0 saturated carbocycles. The fourth-order valence-corrected chi connectivity index (χ4v) is 8.40. The number of rotatable bonds is 6. The Bertz CT molecular complexity index is 2660. The molecular weight excluding hydrogens is 624 g/mol. The number of allylic oxidation sites excluding steroid dienone is 4. The van der Waals surface area contributed by atoms with Crippen molar-refractivity contribution in [3.63, 3.8) is 0 Å². The minimum atomic E-state index is -0.235. The molecule has 0 N–H and O–H groups in total. The number of hydrogen-bond acceptors (Lipinski definition) is 2. The number of para-hydroxylation sites is 2. The van der Waals surface area contributed by atoms with Gasteiger partial charge in [-0.05, 0) is 106 Å². The molecule has 0 fully saturated rings. The van der Waals surface area contributed by atoms with Gasteiger partial charge in [-0.15, -0.1) is 0 Å². The smallest absolute Gasteiger partial charge is 0.155 e. The Kier molecular flexibility index (Phi) is 6.99. The van der Waals surface area contributed by atoms with Crippen molar-refractivity contribution in [2.24, 2.45) is 0 Å². The molecule has 51 heavy (non-hydrogen) atoms. The molecule has 0 unspecified atom stereocenters. The van der Waals surface area contributed by atoms with Crippen molar-refractivity contribution < 1.29 is 4.39 Å². The highest BCUT2D eigenvalue weighted by Gasteiger charge is 2.26. The second-order valence-corrected chi connectivity index (χ2v) is 13.7. The summed E-state index contributed by atoms with van der Waals surface area (Å²) >= 11 is 0. The molecule has 0 amide bonds. The fraction of sp³-hybridized carbons (Fsp3) is 0.0833. The molecule has 1 aliphatic heterocycles. The van der Waals surface area contributed by atoms with Crippen LogP contribution in [0.2, 0.25) is 0 Å². The van der Waals surface area contributed by atoms with E-state index in [1.807, 2.05) is 54.6 Å². The molecule has 1 heterocycles. The highest BCUT2D eigenvalue weighted by Crippen LogP contribution is 2.48. The maximum absolute atomic E-state index is 17.4. The van der Waals surface area contributed by atoms with E-state index >= 15 is 4.39 Å². The Hall–Kier alpha value is -6.19. The van der Waals surface area contributed by atoms with E-state index in [-0.39, 0.29) is 5.82 Å². The molecule has 0 bridgehead atoms. The van der Waals surface area contributed by atoms with E-state index in [1.54, 1.807) is 0 Å². The zero-order chi connectivity index (χ0) is 33.9. The number of anilines is 5. The Morgan fingerprint density at radius 3 is 2.08 bits per heavy atom. The second-order valence-electron chi connectivity index (χ2n) is 13.7. The molecular formula is C48H35FN2. The van der Waals surface area contributed by atoms with Gasteiger partial charge in [-0.2, -0.15) is 0 Å². The number of halogens is 1. The van der Waals surface area contributed by atoms with Crippen molar-refractivity contribution >= 4 is 66.3 Å². The molecule has 244 valence electrons. The van der Waals surface area contributed by atoms with Gasteiger partial charge in [0.1, 0.15) is 0 Å². The number of benzene rings is 8. The lowest BCUT2D eigenvalue weighted by Crippen LogP contribution is -2.14. The molecule has 8 aromatic carbocycles. The molecule has 0 aromatic heterocycles. The Morgan fingerprint density at radius 2 is 1.27 bits per heavy atom. The van der Waals surface area contributed by atoms with E-state index in [1.165, 1.54) is 49.4 Å². The van der Waals surface area contributed by atoms with Gasteiger partial charge in [0.25, 0.3) is 0 Å². The van der Waals surface area contributed by atoms with E-state index in [0.29, 0.717) is 11.3 Å². The van der Waals surface area contributed by atoms with Crippen LogP contribution in [0.4, 0.5) is 32.8 Å². The van der Waals surface area contributed by atoms with Crippen LogP contribution in [-0.2, 0) is 6.42 Å². The maximum Gasteiger partial charge on any atom is 0.155 e. The standard InChI is InChI=1S/C48H35FN2/c49-48-41(33-14-6-2-7-15-33)30-37(32-12-4-1-5-13-32)31-45(48)51(38-17-8-3-9-18-38)44-27-23-36-20-24-39-43(50-29-28-34-16-10-11-19-42(34)50)26-22-35-21-25-40(44)47(36)46(35)39/h1-4,6-12,14-27,30-31H,5,13,28-29H2. The van der Waals surface area contributed by atoms with Gasteiger partial charge in [-0.25, -0.2) is 4.39 Å². The van der Waals surface area contributed by atoms with Crippen molar-refractivity contribution in [2.75, 3.05) is 16.3 Å². The first-order chi connectivity index (χ1) is 25.2. The lowest BCUT2D eigenvalue weighted by molar-refractivity contribution is 0.632. The van der Waals surface area contributed by atoms with Crippen molar-refractivity contribution in [1.82, 2.24) is 0 Å². The first-order valence-electron chi connectivity index (χ1n) is 17.9. The molecule has 0 saturated heterocycles. The van der Waals surface area contributed by atoms with Crippen LogP contribution in [0, 0.1) is 5.82 Å². The summed E-state index contributed by atoms with van der Waals surface area (Å²) in [4.78, 5) is 4.60. The van der Waals surface area contributed by atoms with Gasteiger partial charge in [0.05, 0.1) is 11.4 Å². The average molecular weight is 659 g/mol. The Labute approximate surface area is 297 Å². The minimum Gasteiger partial charge on any atom is -0.340 e. The zero-order valence-electron chi connectivity index (χ0n) is 28.2. The normalized spacial score (nSPS) is 14.1. The van der Waals surface area contributed by atoms with Gasteiger partial charge in [0.2, 0.25) is 0 Å². The van der Waals surface area contributed by atoms with Crippen LogP contribution in [-0.4, -0.2) is 6.54 Å². The van der Waals surface area contributed by atoms with Gasteiger partial charge in [-0.3, -0.25) is 0 Å². The SMILES string of the molecule is Fc1c(-c2ccccc2)cc(C2=CC=CCC2)cc1N(c1ccccc1)c1ccc2ccc3c(N4CCc5ccccc54)ccc4ccc1c2c43. The monoisotopic (exact) mass is 658 g/mol.